The van der Waals surface area contributed by atoms with Crippen LogP contribution in [0.4, 0.5) is 14.4 Å². The van der Waals surface area contributed by atoms with Gasteiger partial charge in [-0.1, -0.05) is 19.9 Å². The first-order valence-corrected chi connectivity index (χ1v) is 12.3. The highest BCUT2D eigenvalue weighted by Crippen LogP contribution is 2.31. The van der Waals surface area contributed by atoms with Crippen LogP contribution >= 0.6 is 0 Å². The number of carboxylic acids is 1. The van der Waals surface area contributed by atoms with Gasteiger partial charge in [-0.25, -0.2) is 14.4 Å². The minimum absolute atomic E-state index is 0.0358. The number of carboxylic acid groups (broad SMARTS) is 1. The van der Waals surface area contributed by atoms with Gasteiger partial charge in [0.1, 0.15) is 23.3 Å². The van der Waals surface area contributed by atoms with Crippen LogP contribution in [0.2, 0.25) is 0 Å². The monoisotopic (exact) mass is 541 g/mol. The normalized spacial score (nSPS) is 13.1. The minimum Gasteiger partial charge on any atom is -0.480 e. The Balaban J connectivity index is 3.14. The molecule has 1 rings (SSSR count). The zero-order chi connectivity index (χ0) is 29.1. The fourth-order valence-corrected chi connectivity index (χ4v) is 2.71. The first-order valence-electron chi connectivity index (χ1n) is 12.3. The van der Waals surface area contributed by atoms with Crippen molar-refractivity contribution in [2.45, 2.75) is 91.1 Å². The van der Waals surface area contributed by atoms with Crippen molar-refractivity contribution in [2.24, 2.45) is 0 Å². The number of carbonyl (C=O) groups is 4. The van der Waals surface area contributed by atoms with E-state index in [1.165, 1.54) is 25.3 Å². The number of carbonyl (C=O) groups excluding carboxylic acids is 3. The van der Waals surface area contributed by atoms with E-state index in [9.17, 15) is 24.3 Å². The molecule has 12 nitrogen and oxygen atoms in total. The molecule has 214 valence electrons. The summed E-state index contributed by atoms with van der Waals surface area (Å²) in [6.45, 7) is 12.1. The standard InChI is InChI=1S/C26H39NO11/c1-9-25(4,5)37-23(31)35-19-12-11-17(14-20(19)36-24(32)38-26(6,7)10-2)13-18(21(28)29)27-15-16(3)34-22(30)33-8/h11-12,14,16,18,27H,9-10,13,15H2,1-8H3,(H,28,29)/t16?,18-/m0/s1. The molecule has 0 aliphatic heterocycles. The maximum Gasteiger partial charge on any atom is 0.514 e. The molecule has 1 unspecified atom stereocenters. The molecule has 0 radical (unpaired) electrons. The fraction of sp³-hybridized carbons (Fsp3) is 0.615. The molecule has 0 saturated heterocycles. The molecular weight excluding hydrogens is 502 g/mol. The lowest BCUT2D eigenvalue weighted by Gasteiger charge is -2.24. The molecule has 12 heteroatoms. The highest BCUT2D eigenvalue weighted by Gasteiger charge is 2.27. The lowest BCUT2D eigenvalue weighted by atomic mass is 10.0. The van der Waals surface area contributed by atoms with Gasteiger partial charge < -0.3 is 38.8 Å². The average Bonchev–Trinajstić information content (AvgIpc) is 2.82. The number of hydrogen-bond donors (Lipinski definition) is 2. The molecule has 1 aromatic rings. The number of benzene rings is 1. The van der Waals surface area contributed by atoms with Crippen LogP contribution in [0.1, 0.15) is 66.9 Å². The topological polar surface area (TPSA) is 156 Å². The Morgan fingerprint density at radius 1 is 0.895 bits per heavy atom. The van der Waals surface area contributed by atoms with Gasteiger partial charge in [0.15, 0.2) is 11.5 Å². The Morgan fingerprint density at radius 2 is 1.42 bits per heavy atom. The third kappa shape index (κ3) is 11.7. The van der Waals surface area contributed by atoms with Crippen LogP contribution in [0, 0.1) is 0 Å². The zero-order valence-electron chi connectivity index (χ0n) is 23.2. The summed E-state index contributed by atoms with van der Waals surface area (Å²) in [5.74, 6) is -1.43. The molecular formula is C26H39NO11. The molecule has 0 aliphatic carbocycles. The second kappa shape index (κ2) is 14.4. The van der Waals surface area contributed by atoms with Crippen molar-refractivity contribution < 1.29 is 52.7 Å². The van der Waals surface area contributed by atoms with Gasteiger partial charge in [0.2, 0.25) is 0 Å². The summed E-state index contributed by atoms with van der Waals surface area (Å²) in [6.07, 6.45) is -2.55. The lowest BCUT2D eigenvalue weighted by molar-refractivity contribution is -0.139. The predicted octanol–water partition coefficient (Wildman–Crippen LogP) is 4.85. The Bertz CT molecular complexity index is 974. The number of hydrogen-bond acceptors (Lipinski definition) is 11. The van der Waals surface area contributed by atoms with Crippen molar-refractivity contribution in [3.63, 3.8) is 0 Å². The van der Waals surface area contributed by atoms with Gasteiger partial charge in [0.25, 0.3) is 0 Å². The van der Waals surface area contributed by atoms with Crippen LogP contribution < -0.4 is 14.8 Å². The first kappa shape index (κ1) is 32.5. The SMILES string of the molecule is CCC(C)(C)OC(=O)Oc1ccc(C[C@H](NCC(C)OC(=O)OC)C(=O)O)cc1OC(=O)OC(C)(C)CC. The summed E-state index contributed by atoms with van der Waals surface area (Å²) in [5, 5.41) is 12.5. The largest absolute Gasteiger partial charge is 0.514 e. The van der Waals surface area contributed by atoms with E-state index in [0.29, 0.717) is 18.4 Å². The van der Waals surface area contributed by atoms with Crippen LogP contribution in [0.15, 0.2) is 18.2 Å². The van der Waals surface area contributed by atoms with Gasteiger partial charge >= 0.3 is 24.4 Å². The van der Waals surface area contributed by atoms with Gasteiger partial charge in [-0.2, -0.15) is 0 Å². The number of nitrogens with one attached hydrogen (secondary N) is 1. The Morgan fingerprint density at radius 3 is 1.89 bits per heavy atom. The second-order valence-corrected chi connectivity index (χ2v) is 9.80. The highest BCUT2D eigenvalue weighted by atomic mass is 16.8. The van der Waals surface area contributed by atoms with Gasteiger partial charge in [-0.3, -0.25) is 4.79 Å². The van der Waals surface area contributed by atoms with Crippen LogP contribution in [0.3, 0.4) is 0 Å². The fourth-order valence-electron chi connectivity index (χ4n) is 2.71. The smallest absolute Gasteiger partial charge is 0.480 e. The van der Waals surface area contributed by atoms with Crippen molar-refractivity contribution in [2.75, 3.05) is 13.7 Å². The van der Waals surface area contributed by atoms with E-state index in [0.717, 1.165) is 0 Å². The summed E-state index contributed by atoms with van der Waals surface area (Å²) >= 11 is 0. The molecule has 0 spiro atoms. The number of rotatable bonds is 13. The number of aliphatic carboxylic acids is 1. The molecule has 2 N–H and O–H groups in total. The maximum absolute atomic E-state index is 12.5. The Hall–Kier alpha value is -3.54. The van der Waals surface area contributed by atoms with E-state index in [4.69, 9.17) is 23.7 Å². The third-order valence-corrected chi connectivity index (χ3v) is 5.67. The van der Waals surface area contributed by atoms with Crippen LogP contribution in [0.25, 0.3) is 0 Å². The molecule has 0 aliphatic rings. The molecule has 0 saturated carbocycles. The van der Waals surface area contributed by atoms with E-state index in [1.54, 1.807) is 34.6 Å². The lowest BCUT2D eigenvalue weighted by Crippen LogP contribution is -2.42. The van der Waals surface area contributed by atoms with E-state index >= 15 is 0 Å². The maximum atomic E-state index is 12.5. The van der Waals surface area contributed by atoms with Crippen molar-refractivity contribution in [1.29, 1.82) is 0 Å². The summed E-state index contributed by atoms with van der Waals surface area (Å²) in [4.78, 5) is 47.9. The molecule has 1 aromatic carbocycles. The summed E-state index contributed by atoms with van der Waals surface area (Å²) in [6, 6.07) is 3.18. The van der Waals surface area contributed by atoms with E-state index in [1.807, 2.05) is 13.8 Å². The second-order valence-electron chi connectivity index (χ2n) is 9.80. The molecule has 38 heavy (non-hydrogen) atoms. The van der Waals surface area contributed by atoms with Gasteiger partial charge in [-0.05, 0) is 71.6 Å². The average molecular weight is 542 g/mol. The Kier molecular flexibility index (Phi) is 12.3. The van der Waals surface area contributed by atoms with Crippen molar-refractivity contribution in [3.05, 3.63) is 23.8 Å². The van der Waals surface area contributed by atoms with Crippen LogP contribution in [-0.2, 0) is 30.2 Å². The van der Waals surface area contributed by atoms with Gasteiger partial charge in [0.05, 0.1) is 7.11 Å². The summed E-state index contributed by atoms with van der Waals surface area (Å²) in [7, 11) is 1.17. The van der Waals surface area contributed by atoms with Crippen molar-refractivity contribution >= 4 is 24.4 Å². The molecule has 2 atom stereocenters. The molecule has 0 amide bonds. The van der Waals surface area contributed by atoms with Crippen molar-refractivity contribution in [3.8, 4) is 11.5 Å². The Labute approximate surface area is 222 Å². The number of ether oxygens (including phenoxy) is 6. The molecule has 0 aromatic heterocycles. The molecule has 0 bridgehead atoms. The van der Waals surface area contributed by atoms with Crippen molar-refractivity contribution in [1.82, 2.24) is 5.32 Å². The summed E-state index contributed by atoms with van der Waals surface area (Å²) < 4.78 is 30.6. The minimum atomic E-state index is -1.16. The van der Waals surface area contributed by atoms with Gasteiger partial charge in [0, 0.05) is 6.54 Å². The predicted molar refractivity (Wildman–Crippen MR) is 135 cm³/mol. The van der Waals surface area contributed by atoms with E-state index < -0.39 is 47.8 Å². The number of methoxy groups -OCH3 is 1. The first-order chi connectivity index (χ1) is 17.6. The summed E-state index contributed by atoms with van der Waals surface area (Å²) in [5.41, 5.74) is -1.14. The quantitative estimate of drug-likeness (QED) is 0.199. The zero-order valence-corrected chi connectivity index (χ0v) is 23.2. The van der Waals surface area contributed by atoms with Crippen LogP contribution in [0.5, 0.6) is 11.5 Å². The molecule has 0 heterocycles. The van der Waals surface area contributed by atoms with Gasteiger partial charge in [-0.15, -0.1) is 0 Å². The van der Waals surface area contributed by atoms with E-state index in [2.05, 4.69) is 10.1 Å². The molecule has 0 fully saturated rings. The third-order valence-electron chi connectivity index (χ3n) is 5.67. The van der Waals surface area contributed by atoms with Crippen LogP contribution in [-0.4, -0.2) is 66.5 Å². The highest BCUT2D eigenvalue weighted by molar-refractivity contribution is 5.74. The van der Waals surface area contributed by atoms with E-state index in [-0.39, 0.29) is 24.5 Å².